The van der Waals surface area contributed by atoms with E-state index in [2.05, 4.69) is 5.32 Å². The van der Waals surface area contributed by atoms with E-state index in [1.54, 1.807) is 0 Å². The van der Waals surface area contributed by atoms with Crippen molar-refractivity contribution in [1.82, 2.24) is 5.32 Å². The predicted molar refractivity (Wildman–Crippen MR) is 76.2 cm³/mol. The Labute approximate surface area is 122 Å². The number of anilines is 1. The Balaban J connectivity index is 0.00000200. The van der Waals surface area contributed by atoms with Crippen molar-refractivity contribution in [1.29, 1.82) is 0 Å². The second-order valence-corrected chi connectivity index (χ2v) is 4.46. The molecule has 3 N–H and O–H groups in total. The molecular formula is C13H17ClFN3O2. The monoisotopic (exact) mass is 301 g/mol. The normalized spacial score (nSPS) is 17.8. The van der Waals surface area contributed by atoms with E-state index in [-0.39, 0.29) is 42.4 Å². The number of carbonyl (C=O) groups excluding carboxylic acids is 2. The van der Waals surface area contributed by atoms with Crippen molar-refractivity contribution in [2.45, 2.75) is 6.42 Å². The Bertz CT molecular complexity index is 481. The zero-order chi connectivity index (χ0) is 13.8. The summed E-state index contributed by atoms with van der Waals surface area (Å²) in [5.74, 6) is -1.01. The molecule has 1 aliphatic heterocycles. The zero-order valence-electron chi connectivity index (χ0n) is 10.8. The van der Waals surface area contributed by atoms with Gasteiger partial charge >= 0.3 is 0 Å². The van der Waals surface area contributed by atoms with Crippen LogP contribution in [0.4, 0.5) is 10.1 Å². The number of hydrogen-bond acceptors (Lipinski definition) is 3. The Kier molecular flexibility index (Phi) is 5.91. The lowest BCUT2D eigenvalue weighted by Crippen LogP contribution is -2.35. The van der Waals surface area contributed by atoms with Gasteiger partial charge in [-0.05, 0) is 24.3 Å². The van der Waals surface area contributed by atoms with Crippen LogP contribution in [0, 0.1) is 11.7 Å². The van der Waals surface area contributed by atoms with Crippen LogP contribution in [0.2, 0.25) is 0 Å². The maximum atomic E-state index is 12.8. The van der Waals surface area contributed by atoms with Gasteiger partial charge in [0.05, 0.1) is 5.92 Å². The lowest BCUT2D eigenvalue weighted by Gasteiger charge is -2.16. The highest BCUT2D eigenvalue weighted by molar-refractivity contribution is 6.00. The van der Waals surface area contributed by atoms with Gasteiger partial charge in [0.2, 0.25) is 11.8 Å². The van der Waals surface area contributed by atoms with Crippen molar-refractivity contribution in [3.05, 3.63) is 30.1 Å². The van der Waals surface area contributed by atoms with Gasteiger partial charge in [0.25, 0.3) is 0 Å². The van der Waals surface area contributed by atoms with E-state index in [1.807, 2.05) is 0 Å². The van der Waals surface area contributed by atoms with Crippen LogP contribution in [0.5, 0.6) is 0 Å². The van der Waals surface area contributed by atoms with Gasteiger partial charge in [0, 0.05) is 31.7 Å². The summed E-state index contributed by atoms with van der Waals surface area (Å²) in [6.07, 6.45) is 0.174. The number of amides is 2. The third-order valence-corrected chi connectivity index (χ3v) is 3.08. The van der Waals surface area contributed by atoms with Crippen molar-refractivity contribution >= 4 is 29.9 Å². The summed E-state index contributed by atoms with van der Waals surface area (Å²) in [5.41, 5.74) is 5.92. The summed E-state index contributed by atoms with van der Waals surface area (Å²) in [4.78, 5) is 25.2. The van der Waals surface area contributed by atoms with E-state index >= 15 is 0 Å². The molecule has 1 aromatic rings. The molecule has 1 fully saturated rings. The molecule has 0 radical (unpaired) electrons. The standard InChI is InChI=1S/C13H16FN3O2.ClH/c14-10-1-3-11(4-2-10)17-8-9(7-12(17)18)13(19)16-6-5-15;/h1-4,9H,5-8,15H2,(H,16,19);1H. The number of rotatable bonds is 4. The number of halogens is 2. The smallest absolute Gasteiger partial charge is 0.227 e. The van der Waals surface area contributed by atoms with Gasteiger partial charge in [0.1, 0.15) is 5.82 Å². The summed E-state index contributed by atoms with van der Waals surface area (Å²) in [6.45, 7) is 1.09. The molecule has 2 amide bonds. The first-order valence-electron chi connectivity index (χ1n) is 6.15. The van der Waals surface area contributed by atoms with E-state index < -0.39 is 0 Å². The molecule has 0 saturated carbocycles. The van der Waals surface area contributed by atoms with Crippen molar-refractivity contribution < 1.29 is 14.0 Å². The lowest BCUT2D eigenvalue weighted by atomic mass is 10.1. The highest BCUT2D eigenvalue weighted by atomic mass is 35.5. The number of benzene rings is 1. The average molecular weight is 302 g/mol. The maximum absolute atomic E-state index is 12.8. The molecule has 5 nitrogen and oxygen atoms in total. The Morgan fingerprint density at radius 2 is 2.05 bits per heavy atom. The molecule has 1 unspecified atom stereocenters. The molecule has 0 aliphatic carbocycles. The molecule has 0 bridgehead atoms. The van der Waals surface area contributed by atoms with Crippen molar-refractivity contribution in [3.8, 4) is 0 Å². The average Bonchev–Trinajstić information content (AvgIpc) is 2.79. The molecule has 0 spiro atoms. The highest BCUT2D eigenvalue weighted by Crippen LogP contribution is 2.25. The molecule has 1 heterocycles. The summed E-state index contributed by atoms with van der Waals surface area (Å²) in [5, 5.41) is 2.67. The molecule has 1 aliphatic rings. The molecule has 0 aromatic heterocycles. The van der Waals surface area contributed by atoms with E-state index in [4.69, 9.17) is 5.73 Å². The lowest BCUT2D eigenvalue weighted by molar-refractivity contribution is -0.126. The minimum atomic E-state index is -0.371. The molecule has 1 atom stereocenters. The first-order chi connectivity index (χ1) is 9.11. The molecule has 2 rings (SSSR count). The molecule has 1 aromatic carbocycles. The second-order valence-electron chi connectivity index (χ2n) is 4.46. The van der Waals surface area contributed by atoms with Gasteiger partial charge in [-0.15, -0.1) is 12.4 Å². The molecule has 7 heteroatoms. The number of nitrogens with one attached hydrogen (secondary N) is 1. The fourth-order valence-corrected chi connectivity index (χ4v) is 2.09. The Morgan fingerprint density at radius 1 is 1.40 bits per heavy atom. The van der Waals surface area contributed by atoms with E-state index in [1.165, 1.54) is 29.2 Å². The summed E-state index contributed by atoms with van der Waals surface area (Å²) in [6, 6.07) is 5.66. The molecule has 20 heavy (non-hydrogen) atoms. The first-order valence-corrected chi connectivity index (χ1v) is 6.15. The second kappa shape index (κ2) is 7.21. The van der Waals surface area contributed by atoms with E-state index in [0.29, 0.717) is 25.3 Å². The largest absolute Gasteiger partial charge is 0.355 e. The minimum absolute atomic E-state index is 0. The maximum Gasteiger partial charge on any atom is 0.227 e. The highest BCUT2D eigenvalue weighted by Gasteiger charge is 2.34. The van der Waals surface area contributed by atoms with E-state index in [0.717, 1.165) is 0 Å². The predicted octanol–water partition coefficient (Wildman–Crippen LogP) is 0.675. The van der Waals surface area contributed by atoms with Crippen LogP contribution in [0.3, 0.4) is 0 Å². The van der Waals surface area contributed by atoms with Gasteiger partial charge < -0.3 is 16.0 Å². The number of carbonyl (C=O) groups is 2. The van der Waals surface area contributed by atoms with Crippen LogP contribution in [0.25, 0.3) is 0 Å². The first kappa shape index (κ1) is 16.4. The quantitative estimate of drug-likeness (QED) is 0.858. The van der Waals surface area contributed by atoms with Crippen molar-refractivity contribution in [2.75, 3.05) is 24.5 Å². The third-order valence-electron chi connectivity index (χ3n) is 3.08. The van der Waals surface area contributed by atoms with Crippen LogP contribution < -0.4 is 16.0 Å². The topological polar surface area (TPSA) is 75.4 Å². The van der Waals surface area contributed by atoms with Crippen LogP contribution in [-0.4, -0.2) is 31.4 Å². The molecular weight excluding hydrogens is 285 g/mol. The summed E-state index contributed by atoms with van der Waals surface area (Å²) >= 11 is 0. The fourth-order valence-electron chi connectivity index (χ4n) is 2.09. The van der Waals surface area contributed by atoms with Crippen LogP contribution in [0.1, 0.15) is 6.42 Å². The number of hydrogen-bond donors (Lipinski definition) is 2. The third kappa shape index (κ3) is 3.68. The molecule has 110 valence electrons. The SMILES string of the molecule is Cl.NCCNC(=O)C1CC(=O)N(c2ccc(F)cc2)C1. The van der Waals surface area contributed by atoms with Gasteiger partial charge in [-0.2, -0.15) is 0 Å². The van der Waals surface area contributed by atoms with Gasteiger partial charge in [-0.25, -0.2) is 4.39 Å². The number of nitrogens with two attached hydrogens (primary N) is 1. The fraction of sp³-hybridized carbons (Fsp3) is 0.385. The Hall–Kier alpha value is -1.66. The number of nitrogens with zero attached hydrogens (tertiary/aromatic N) is 1. The summed E-state index contributed by atoms with van der Waals surface area (Å²) in [7, 11) is 0. The van der Waals surface area contributed by atoms with Crippen molar-refractivity contribution in [2.24, 2.45) is 11.7 Å². The van der Waals surface area contributed by atoms with Gasteiger partial charge in [-0.3, -0.25) is 9.59 Å². The minimum Gasteiger partial charge on any atom is -0.355 e. The van der Waals surface area contributed by atoms with Gasteiger partial charge in [0.15, 0.2) is 0 Å². The van der Waals surface area contributed by atoms with Crippen LogP contribution in [0.15, 0.2) is 24.3 Å². The van der Waals surface area contributed by atoms with E-state index in [9.17, 15) is 14.0 Å². The van der Waals surface area contributed by atoms with Gasteiger partial charge in [-0.1, -0.05) is 0 Å². The molecule has 1 saturated heterocycles. The van der Waals surface area contributed by atoms with Crippen molar-refractivity contribution in [3.63, 3.8) is 0 Å². The zero-order valence-corrected chi connectivity index (χ0v) is 11.7. The Morgan fingerprint density at radius 3 is 2.65 bits per heavy atom. The summed E-state index contributed by atoms with van der Waals surface area (Å²) < 4.78 is 12.8. The van der Waals surface area contributed by atoms with Crippen LogP contribution >= 0.6 is 12.4 Å². The van der Waals surface area contributed by atoms with Crippen LogP contribution in [-0.2, 0) is 9.59 Å².